The minimum atomic E-state index is -0.786. The molecule has 30 heavy (non-hydrogen) atoms. The Morgan fingerprint density at radius 2 is 1.93 bits per heavy atom. The number of thiophene rings is 1. The summed E-state index contributed by atoms with van der Waals surface area (Å²) in [6.45, 7) is -0.0992. The zero-order valence-electron chi connectivity index (χ0n) is 15.8. The highest BCUT2D eigenvalue weighted by Crippen LogP contribution is 2.32. The molecule has 0 aliphatic rings. The Bertz CT molecular complexity index is 1400. The molecule has 2 aromatic heterocycles. The van der Waals surface area contributed by atoms with Crippen LogP contribution in [0.25, 0.3) is 20.3 Å². The van der Waals surface area contributed by atoms with Crippen molar-refractivity contribution in [1.82, 2.24) is 9.71 Å². The van der Waals surface area contributed by atoms with Gasteiger partial charge in [-0.25, -0.2) is 4.79 Å². The maximum atomic E-state index is 12.9. The Morgan fingerprint density at radius 1 is 1.13 bits per heavy atom. The van der Waals surface area contributed by atoms with Crippen molar-refractivity contribution in [2.75, 3.05) is 14.2 Å². The first kappa shape index (κ1) is 19.5. The van der Waals surface area contributed by atoms with Crippen molar-refractivity contribution in [3.8, 4) is 11.5 Å². The number of aromatic amines is 1. The van der Waals surface area contributed by atoms with E-state index in [9.17, 15) is 19.7 Å². The second-order valence-electron chi connectivity index (χ2n) is 6.22. The number of rotatable bonds is 6. The molecule has 10 nitrogen and oxygen atoms in total. The molecule has 0 atom stereocenters. The van der Waals surface area contributed by atoms with Crippen molar-refractivity contribution in [3.05, 3.63) is 72.9 Å². The van der Waals surface area contributed by atoms with Crippen LogP contribution in [0.1, 0.15) is 5.56 Å². The number of hydrogen-bond donors (Lipinski definition) is 1. The van der Waals surface area contributed by atoms with Crippen LogP contribution in [0, 0.1) is 10.1 Å². The van der Waals surface area contributed by atoms with E-state index in [4.69, 9.17) is 14.3 Å². The highest BCUT2D eigenvalue weighted by molar-refractivity contribution is 7.25. The van der Waals surface area contributed by atoms with Gasteiger partial charge in [0.05, 0.1) is 24.7 Å². The second kappa shape index (κ2) is 7.52. The van der Waals surface area contributed by atoms with Crippen molar-refractivity contribution in [2.24, 2.45) is 0 Å². The van der Waals surface area contributed by atoms with Gasteiger partial charge in [0.2, 0.25) is 0 Å². The lowest BCUT2D eigenvalue weighted by Crippen LogP contribution is -2.39. The number of nitrogens with zero attached hydrogens (tertiary/aromatic N) is 2. The number of fused-ring (bicyclic) bond motifs is 3. The van der Waals surface area contributed by atoms with Crippen LogP contribution in [0.3, 0.4) is 0 Å². The van der Waals surface area contributed by atoms with E-state index in [1.54, 1.807) is 24.3 Å². The van der Waals surface area contributed by atoms with Gasteiger partial charge in [-0.15, -0.1) is 11.3 Å². The number of ether oxygens (including phenoxy) is 2. The molecule has 0 aliphatic carbocycles. The first-order valence-electron chi connectivity index (χ1n) is 8.63. The highest BCUT2D eigenvalue weighted by atomic mass is 32.1. The molecular formula is C19H15N3O7S. The third-order valence-electron chi connectivity index (χ3n) is 4.52. The molecule has 2 heterocycles. The standard InChI is InChI=1S/C19H15N3O7S/c1-27-12-5-3-10(14(8-12)28-2)9-29-21-18(23)17-16(20-19(21)24)13-7-11(22(25)26)4-6-15(13)30-17/h3-8H,9H2,1-2H3,(H,20,24). The van der Waals surface area contributed by atoms with Crippen molar-refractivity contribution >= 4 is 37.3 Å². The first-order chi connectivity index (χ1) is 14.4. The summed E-state index contributed by atoms with van der Waals surface area (Å²) in [5.74, 6) is 1.07. The third-order valence-corrected chi connectivity index (χ3v) is 5.68. The number of nitro benzene ring substituents is 1. The van der Waals surface area contributed by atoms with Crippen molar-refractivity contribution in [3.63, 3.8) is 0 Å². The van der Waals surface area contributed by atoms with E-state index >= 15 is 0 Å². The third kappa shape index (κ3) is 3.24. The van der Waals surface area contributed by atoms with Gasteiger partial charge >= 0.3 is 11.2 Å². The SMILES string of the molecule is COc1ccc(COn2c(=O)[nH]c3c(sc4ccc([N+](=O)[O-])cc43)c2=O)c(OC)c1. The van der Waals surface area contributed by atoms with Gasteiger partial charge in [0, 0.05) is 33.8 Å². The quantitative estimate of drug-likeness (QED) is 0.369. The van der Waals surface area contributed by atoms with Crippen molar-refractivity contribution in [2.45, 2.75) is 6.61 Å². The topological polar surface area (TPSA) is 126 Å². The summed E-state index contributed by atoms with van der Waals surface area (Å²) in [5.41, 5.74) is -0.710. The minimum absolute atomic E-state index is 0.0992. The van der Waals surface area contributed by atoms with Gasteiger partial charge in [0.15, 0.2) is 0 Å². The van der Waals surface area contributed by atoms with Gasteiger partial charge in [-0.1, -0.05) is 4.73 Å². The number of methoxy groups -OCH3 is 2. The number of H-pyrrole nitrogens is 1. The van der Waals surface area contributed by atoms with Gasteiger partial charge in [-0.05, 0) is 18.2 Å². The van der Waals surface area contributed by atoms with E-state index in [2.05, 4.69) is 4.98 Å². The fraction of sp³-hybridized carbons (Fsp3) is 0.158. The number of nitro groups is 1. The maximum Gasteiger partial charge on any atom is 0.362 e. The number of non-ortho nitro benzene ring substituents is 1. The van der Waals surface area contributed by atoms with Gasteiger partial charge in [-0.3, -0.25) is 14.9 Å². The lowest BCUT2D eigenvalue weighted by Gasteiger charge is -2.11. The van der Waals surface area contributed by atoms with Crippen LogP contribution in [0.5, 0.6) is 11.5 Å². The van der Waals surface area contributed by atoms with Crippen LogP contribution in [0.4, 0.5) is 5.69 Å². The predicted molar refractivity (Wildman–Crippen MR) is 111 cm³/mol. The number of hydrogen-bond acceptors (Lipinski definition) is 8. The molecule has 2 aromatic carbocycles. The summed E-state index contributed by atoms with van der Waals surface area (Å²) in [6.07, 6.45) is 0. The molecule has 4 rings (SSSR count). The van der Waals surface area contributed by atoms with Crippen LogP contribution < -0.4 is 25.6 Å². The Balaban J connectivity index is 1.75. The van der Waals surface area contributed by atoms with E-state index < -0.39 is 16.2 Å². The minimum Gasteiger partial charge on any atom is -0.497 e. The average Bonchev–Trinajstić information content (AvgIpc) is 3.11. The zero-order chi connectivity index (χ0) is 21.4. The van der Waals surface area contributed by atoms with E-state index in [1.165, 1.54) is 26.4 Å². The van der Waals surface area contributed by atoms with E-state index in [-0.39, 0.29) is 22.5 Å². The molecule has 0 fully saturated rings. The highest BCUT2D eigenvalue weighted by Gasteiger charge is 2.17. The predicted octanol–water partition coefficient (Wildman–Crippen LogP) is 2.46. The number of nitrogens with one attached hydrogen (secondary N) is 1. The lowest BCUT2D eigenvalue weighted by molar-refractivity contribution is -0.384. The molecule has 0 aliphatic heterocycles. The largest absolute Gasteiger partial charge is 0.497 e. The van der Waals surface area contributed by atoms with Crippen LogP contribution in [-0.2, 0) is 6.61 Å². The van der Waals surface area contributed by atoms with E-state index in [0.29, 0.717) is 31.9 Å². The fourth-order valence-corrected chi connectivity index (χ4v) is 4.10. The van der Waals surface area contributed by atoms with Gasteiger partial charge in [0.25, 0.3) is 5.69 Å². The smallest absolute Gasteiger partial charge is 0.362 e. The molecule has 0 saturated heterocycles. The van der Waals surface area contributed by atoms with Crippen LogP contribution in [0.2, 0.25) is 0 Å². The van der Waals surface area contributed by atoms with Crippen LogP contribution >= 0.6 is 11.3 Å². The molecule has 0 spiro atoms. The summed E-state index contributed by atoms with van der Waals surface area (Å²) in [7, 11) is 3.01. The fourth-order valence-electron chi connectivity index (χ4n) is 3.04. The number of aromatic nitrogens is 2. The Morgan fingerprint density at radius 3 is 2.63 bits per heavy atom. The van der Waals surface area contributed by atoms with Crippen LogP contribution in [0.15, 0.2) is 46.0 Å². The van der Waals surface area contributed by atoms with Gasteiger partial charge in [-0.2, -0.15) is 0 Å². The lowest BCUT2D eigenvalue weighted by atomic mass is 10.2. The second-order valence-corrected chi connectivity index (χ2v) is 7.28. The molecule has 0 unspecified atom stereocenters. The van der Waals surface area contributed by atoms with Crippen molar-refractivity contribution < 1.29 is 19.2 Å². The van der Waals surface area contributed by atoms with E-state index in [1.807, 2.05) is 0 Å². The molecule has 0 radical (unpaired) electrons. The van der Waals surface area contributed by atoms with Crippen LogP contribution in [-0.4, -0.2) is 28.9 Å². The zero-order valence-corrected chi connectivity index (χ0v) is 16.6. The Kier molecular flexibility index (Phi) is 4.88. The molecule has 4 aromatic rings. The Labute approximate surface area is 172 Å². The molecule has 1 N–H and O–H groups in total. The molecular weight excluding hydrogens is 414 g/mol. The first-order valence-corrected chi connectivity index (χ1v) is 9.44. The molecule has 11 heteroatoms. The summed E-state index contributed by atoms with van der Waals surface area (Å²) in [5, 5.41) is 11.5. The number of benzene rings is 2. The summed E-state index contributed by atoms with van der Waals surface area (Å²) < 4.78 is 11.9. The van der Waals surface area contributed by atoms with Gasteiger partial charge < -0.3 is 19.3 Å². The Hall–Kier alpha value is -3.86. The molecule has 0 amide bonds. The van der Waals surface area contributed by atoms with E-state index in [0.717, 1.165) is 11.3 Å². The monoisotopic (exact) mass is 429 g/mol. The summed E-state index contributed by atoms with van der Waals surface area (Å²) >= 11 is 1.12. The molecule has 154 valence electrons. The van der Waals surface area contributed by atoms with Crippen molar-refractivity contribution in [1.29, 1.82) is 0 Å². The molecule has 0 bridgehead atoms. The maximum absolute atomic E-state index is 12.9. The summed E-state index contributed by atoms with van der Waals surface area (Å²) in [6, 6.07) is 9.29. The molecule has 0 saturated carbocycles. The van der Waals surface area contributed by atoms with Gasteiger partial charge in [0.1, 0.15) is 22.8 Å². The summed E-state index contributed by atoms with van der Waals surface area (Å²) in [4.78, 5) is 43.9. The average molecular weight is 429 g/mol. The normalized spacial score (nSPS) is 11.0.